The molecule has 3 aromatic rings. The van der Waals surface area contributed by atoms with Gasteiger partial charge in [-0.1, -0.05) is 18.5 Å². The number of anilines is 4. The maximum absolute atomic E-state index is 14.9. The third-order valence-electron chi connectivity index (χ3n) is 8.16. The van der Waals surface area contributed by atoms with Gasteiger partial charge in [-0.15, -0.1) is 0 Å². The van der Waals surface area contributed by atoms with E-state index in [1.54, 1.807) is 25.2 Å². The smallest absolute Gasteiger partial charge is 0.301 e. The second kappa shape index (κ2) is 9.78. The topological polar surface area (TPSA) is 105 Å². The number of aliphatic hydroxyl groups is 1. The summed E-state index contributed by atoms with van der Waals surface area (Å²) in [6.45, 7) is 1.98. The molecule has 1 saturated heterocycles. The molecule has 0 radical (unpaired) electrons. The fraction of sp³-hybridized carbons (Fsp3) is 0.519. The number of aryl methyl sites for hydroxylation is 1. The molecule has 0 bridgehead atoms. The van der Waals surface area contributed by atoms with Gasteiger partial charge in [0.2, 0.25) is 11.7 Å². The van der Waals surface area contributed by atoms with Gasteiger partial charge in [0.15, 0.2) is 12.4 Å². The normalized spacial score (nSPS) is 24.5. The second-order valence-electron chi connectivity index (χ2n) is 10.9. The summed E-state index contributed by atoms with van der Waals surface area (Å²) in [6.07, 6.45) is 4.93. The number of hydrogen-bond donors (Lipinski definition) is 3. The van der Waals surface area contributed by atoms with E-state index >= 15 is 0 Å². The molecule has 1 aromatic carbocycles. The van der Waals surface area contributed by atoms with E-state index in [4.69, 9.17) is 16.3 Å². The highest BCUT2D eigenvalue weighted by Crippen LogP contribution is 2.45. The van der Waals surface area contributed by atoms with Gasteiger partial charge in [-0.2, -0.15) is 4.98 Å². The van der Waals surface area contributed by atoms with Crippen LogP contribution in [-0.2, 0) is 7.05 Å². The molecule has 0 spiro atoms. The number of hydrogen-bond acceptors (Lipinski definition) is 8. The van der Waals surface area contributed by atoms with E-state index in [1.807, 2.05) is 4.90 Å². The molecular formula is C27H31ClF2N6O3. The Balaban J connectivity index is 1.39. The minimum atomic E-state index is -3.11. The van der Waals surface area contributed by atoms with E-state index in [2.05, 4.69) is 27.5 Å². The van der Waals surface area contributed by atoms with Crippen LogP contribution in [0, 0.1) is 11.8 Å². The molecule has 1 aliphatic carbocycles. The maximum atomic E-state index is 14.9. The monoisotopic (exact) mass is 560 g/mol. The predicted molar refractivity (Wildman–Crippen MR) is 147 cm³/mol. The van der Waals surface area contributed by atoms with Crippen LogP contribution in [-0.4, -0.2) is 57.4 Å². The highest BCUT2D eigenvalue weighted by Gasteiger charge is 2.51. The summed E-state index contributed by atoms with van der Waals surface area (Å²) in [4.78, 5) is 24.1. The Morgan fingerprint density at radius 1 is 1.31 bits per heavy atom. The number of nitrogens with one attached hydrogen (secondary N) is 2. The minimum Gasteiger partial charge on any atom is -0.480 e. The van der Waals surface area contributed by atoms with Crippen molar-refractivity contribution >= 4 is 45.6 Å². The summed E-state index contributed by atoms with van der Waals surface area (Å²) < 4.78 is 36.7. The summed E-state index contributed by atoms with van der Waals surface area (Å²) in [5, 5.41) is 17.1. The van der Waals surface area contributed by atoms with Gasteiger partial charge < -0.3 is 29.9 Å². The molecule has 3 atom stereocenters. The third-order valence-corrected chi connectivity index (χ3v) is 8.44. The molecule has 0 amide bonds. The van der Waals surface area contributed by atoms with Crippen molar-refractivity contribution in [1.82, 2.24) is 14.5 Å². The van der Waals surface area contributed by atoms with E-state index < -0.39 is 24.1 Å². The zero-order valence-corrected chi connectivity index (χ0v) is 22.5. The van der Waals surface area contributed by atoms with Gasteiger partial charge in [0, 0.05) is 24.7 Å². The lowest BCUT2D eigenvalue weighted by molar-refractivity contribution is -0.0579. The third kappa shape index (κ3) is 4.65. The molecule has 1 saturated carbocycles. The lowest BCUT2D eigenvalue weighted by Gasteiger charge is -2.39. The van der Waals surface area contributed by atoms with Crippen LogP contribution in [0.25, 0.3) is 10.9 Å². The van der Waals surface area contributed by atoms with Crippen molar-refractivity contribution in [1.29, 1.82) is 0 Å². The average Bonchev–Trinajstić information content (AvgIpc) is 3.76. The van der Waals surface area contributed by atoms with Gasteiger partial charge in [-0.25, -0.2) is 13.8 Å². The fourth-order valence-corrected chi connectivity index (χ4v) is 5.92. The van der Waals surface area contributed by atoms with Crippen LogP contribution in [0.1, 0.15) is 32.6 Å². The molecule has 6 rings (SSSR count). The SMILES string of the molecule is CC1CCCN(c2ncc(Cl)c(Nc3ccc4c(c3)c3c(c(=O)n4C)OCC(F)(F)[C@H](C4CC4)N3)n2)C1CO. The molecule has 39 heavy (non-hydrogen) atoms. The number of benzene rings is 1. The van der Waals surface area contributed by atoms with Crippen LogP contribution in [0.5, 0.6) is 5.75 Å². The first-order valence-electron chi connectivity index (χ1n) is 13.3. The van der Waals surface area contributed by atoms with Crippen molar-refractivity contribution < 1.29 is 18.6 Å². The van der Waals surface area contributed by atoms with Crippen LogP contribution < -0.4 is 25.8 Å². The highest BCUT2D eigenvalue weighted by atomic mass is 35.5. The molecule has 9 nitrogen and oxygen atoms in total. The first-order chi connectivity index (χ1) is 18.7. The van der Waals surface area contributed by atoms with Crippen LogP contribution in [0.15, 0.2) is 29.2 Å². The molecule has 208 valence electrons. The Morgan fingerprint density at radius 3 is 2.85 bits per heavy atom. The van der Waals surface area contributed by atoms with E-state index in [-0.39, 0.29) is 30.0 Å². The number of aromatic nitrogens is 3. The molecule has 2 aromatic heterocycles. The Hall–Kier alpha value is -3.18. The van der Waals surface area contributed by atoms with Crippen LogP contribution in [0.2, 0.25) is 5.02 Å². The number of alkyl halides is 2. The summed E-state index contributed by atoms with van der Waals surface area (Å²) in [5.41, 5.74) is 0.966. The number of nitrogens with zero attached hydrogens (tertiary/aromatic N) is 4. The molecular weight excluding hydrogens is 530 g/mol. The Bertz CT molecular complexity index is 1480. The summed E-state index contributed by atoms with van der Waals surface area (Å²) in [7, 11) is 1.59. The molecule has 2 fully saturated rings. The lowest BCUT2D eigenvalue weighted by atomic mass is 9.91. The first-order valence-corrected chi connectivity index (χ1v) is 13.7. The van der Waals surface area contributed by atoms with E-state index in [9.17, 15) is 18.7 Å². The van der Waals surface area contributed by atoms with E-state index in [0.29, 0.717) is 52.1 Å². The Labute approximate surface area is 229 Å². The zero-order chi connectivity index (χ0) is 27.5. The van der Waals surface area contributed by atoms with E-state index in [1.165, 1.54) is 10.8 Å². The summed E-state index contributed by atoms with van der Waals surface area (Å²) >= 11 is 6.46. The number of halogens is 3. The Kier molecular flexibility index (Phi) is 6.53. The molecule has 3 aliphatic rings. The number of pyridine rings is 1. The van der Waals surface area contributed by atoms with Crippen molar-refractivity contribution in [3.05, 3.63) is 39.8 Å². The number of fused-ring (bicyclic) bond motifs is 3. The molecule has 4 heterocycles. The minimum absolute atomic E-state index is 0.000385. The Morgan fingerprint density at radius 2 is 2.10 bits per heavy atom. The number of rotatable bonds is 5. The number of ether oxygens (including phenoxy) is 1. The fourth-order valence-electron chi connectivity index (χ4n) is 5.78. The van der Waals surface area contributed by atoms with Crippen molar-refractivity contribution in [3.8, 4) is 5.75 Å². The average molecular weight is 561 g/mol. The zero-order valence-electron chi connectivity index (χ0n) is 21.8. The molecule has 12 heteroatoms. The summed E-state index contributed by atoms with van der Waals surface area (Å²) in [5.74, 6) is -2.26. The molecule has 2 unspecified atom stereocenters. The van der Waals surface area contributed by atoms with Crippen LogP contribution in [0.3, 0.4) is 0 Å². The van der Waals surface area contributed by atoms with Crippen LogP contribution in [0.4, 0.5) is 31.9 Å². The maximum Gasteiger partial charge on any atom is 0.301 e. The first kappa shape index (κ1) is 26.1. The van der Waals surface area contributed by atoms with Gasteiger partial charge in [0.25, 0.3) is 5.56 Å². The quantitative estimate of drug-likeness (QED) is 0.418. The summed E-state index contributed by atoms with van der Waals surface area (Å²) in [6, 6.07) is 4.09. The highest BCUT2D eigenvalue weighted by molar-refractivity contribution is 6.33. The largest absolute Gasteiger partial charge is 0.480 e. The van der Waals surface area contributed by atoms with Gasteiger partial charge in [0.1, 0.15) is 5.02 Å². The number of aliphatic hydroxyl groups excluding tert-OH is 1. The van der Waals surface area contributed by atoms with Crippen molar-refractivity contribution in [2.75, 3.05) is 35.3 Å². The molecule has 3 N–H and O–H groups in total. The van der Waals surface area contributed by atoms with Crippen LogP contribution >= 0.6 is 11.6 Å². The van der Waals surface area contributed by atoms with Crippen molar-refractivity contribution in [2.24, 2.45) is 18.9 Å². The van der Waals surface area contributed by atoms with Crippen molar-refractivity contribution in [2.45, 2.75) is 50.6 Å². The van der Waals surface area contributed by atoms with E-state index in [0.717, 1.165) is 19.4 Å². The second-order valence-corrected chi connectivity index (χ2v) is 11.3. The standard InChI is InChI=1S/C27H31ClF2N6O3/c1-14-4-3-9-36(20(14)12-37)26-31-11-18(28)24(34-26)32-16-7-8-19-17(10-16)21-22(25(38)35(19)2)39-13-27(29,30)23(33-21)15-5-6-15/h7-8,10-11,14-15,20,23,33,37H,3-6,9,12-13H2,1-2H3,(H,31,32,34)/t14?,20?,23-/m0/s1. The van der Waals surface area contributed by atoms with Gasteiger partial charge in [-0.3, -0.25) is 4.79 Å². The van der Waals surface area contributed by atoms with Gasteiger partial charge in [-0.05, 0) is 55.7 Å². The van der Waals surface area contributed by atoms with Gasteiger partial charge >= 0.3 is 5.92 Å². The molecule has 2 aliphatic heterocycles. The van der Waals surface area contributed by atoms with Gasteiger partial charge in [0.05, 0.1) is 36.1 Å². The van der Waals surface area contributed by atoms with Crippen molar-refractivity contribution in [3.63, 3.8) is 0 Å². The number of piperidine rings is 1. The lowest BCUT2D eigenvalue weighted by Crippen LogP contribution is -2.47. The predicted octanol–water partition coefficient (Wildman–Crippen LogP) is 4.54.